The van der Waals surface area contributed by atoms with Crippen molar-refractivity contribution in [1.82, 2.24) is 10.6 Å². The summed E-state index contributed by atoms with van der Waals surface area (Å²) in [7, 11) is 1.58. The average Bonchev–Trinajstić information content (AvgIpc) is 2.82. The number of halogens is 1. The molecule has 0 radical (unpaired) electrons. The molecule has 0 saturated carbocycles. The van der Waals surface area contributed by atoms with Crippen LogP contribution >= 0.6 is 0 Å². The van der Waals surface area contributed by atoms with Gasteiger partial charge in [0.15, 0.2) is 0 Å². The molecular weight excluding hydrogens is 393 g/mol. The van der Waals surface area contributed by atoms with E-state index in [0.29, 0.717) is 29.7 Å². The molecule has 6 heteroatoms. The molecule has 156 valence electrons. The number of benzene rings is 3. The van der Waals surface area contributed by atoms with Crippen LogP contribution < -0.4 is 10.6 Å². The first-order chi connectivity index (χ1) is 15.0. The normalized spacial score (nSPS) is 11.3. The van der Waals surface area contributed by atoms with Gasteiger partial charge in [0.05, 0.1) is 11.6 Å². The summed E-state index contributed by atoms with van der Waals surface area (Å²) in [5.41, 5.74) is 3.41. The van der Waals surface area contributed by atoms with E-state index in [1.807, 2.05) is 18.2 Å². The molecule has 3 aromatic carbocycles. The van der Waals surface area contributed by atoms with Crippen LogP contribution in [-0.2, 0) is 0 Å². The van der Waals surface area contributed by atoms with Gasteiger partial charge in [-0.3, -0.25) is 9.59 Å². The van der Waals surface area contributed by atoms with E-state index in [4.69, 9.17) is 5.26 Å². The fraction of sp³-hybridized carbons (Fsp3) is 0.160. The first-order valence-corrected chi connectivity index (χ1v) is 9.87. The van der Waals surface area contributed by atoms with Crippen LogP contribution in [0.25, 0.3) is 0 Å². The Balaban J connectivity index is 1.74. The van der Waals surface area contributed by atoms with E-state index >= 15 is 0 Å². The second-order valence-electron chi connectivity index (χ2n) is 7.04. The lowest BCUT2D eigenvalue weighted by molar-refractivity contribution is 0.0948. The summed E-state index contributed by atoms with van der Waals surface area (Å²) in [6.45, 7) is 0.401. The maximum Gasteiger partial charge on any atom is 0.251 e. The van der Waals surface area contributed by atoms with Gasteiger partial charge in [-0.05, 0) is 66.1 Å². The second kappa shape index (κ2) is 10.2. The highest BCUT2D eigenvalue weighted by atomic mass is 19.1. The van der Waals surface area contributed by atoms with E-state index in [1.165, 1.54) is 12.1 Å². The molecular formula is C25H22FN3O2. The van der Waals surface area contributed by atoms with Crippen molar-refractivity contribution in [2.45, 2.75) is 12.3 Å². The summed E-state index contributed by atoms with van der Waals surface area (Å²) in [4.78, 5) is 24.2. The SMILES string of the molecule is CNC(=O)c1ccc(C(CCNC(=O)c2ccc(C#N)cc2)c2ccc(F)cc2)cc1. The Kier molecular flexibility index (Phi) is 7.13. The lowest BCUT2D eigenvalue weighted by Gasteiger charge is -2.19. The van der Waals surface area contributed by atoms with Crippen LogP contribution in [0, 0.1) is 17.1 Å². The Bertz CT molecular complexity index is 1090. The minimum Gasteiger partial charge on any atom is -0.355 e. The van der Waals surface area contributed by atoms with Crippen LogP contribution in [0.3, 0.4) is 0 Å². The molecule has 1 atom stereocenters. The molecule has 0 spiro atoms. The van der Waals surface area contributed by atoms with Gasteiger partial charge in [-0.1, -0.05) is 24.3 Å². The second-order valence-corrected chi connectivity index (χ2v) is 7.04. The molecule has 5 nitrogen and oxygen atoms in total. The average molecular weight is 415 g/mol. The molecule has 0 aliphatic carbocycles. The molecule has 0 fully saturated rings. The maximum atomic E-state index is 13.4. The molecule has 0 heterocycles. The number of nitriles is 1. The Morgan fingerprint density at radius 3 is 1.94 bits per heavy atom. The van der Waals surface area contributed by atoms with Crippen molar-refractivity contribution in [2.75, 3.05) is 13.6 Å². The van der Waals surface area contributed by atoms with Gasteiger partial charge in [0.25, 0.3) is 11.8 Å². The number of hydrogen-bond donors (Lipinski definition) is 2. The predicted molar refractivity (Wildman–Crippen MR) is 116 cm³/mol. The highest BCUT2D eigenvalue weighted by Crippen LogP contribution is 2.28. The number of hydrogen-bond acceptors (Lipinski definition) is 3. The molecule has 31 heavy (non-hydrogen) atoms. The van der Waals surface area contributed by atoms with Gasteiger partial charge in [-0.25, -0.2) is 4.39 Å². The number of nitrogens with zero attached hydrogens (tertiary/aromatic N) is 1. The summed E-state index contributed by atoms with van der Waals surface area (Å²) in [5.74, 6) is -0.788. The first kappa shape index (κ1) is 21.7. The van der Waals surface area contributed by atoms with Crippen LogP contribution in [0.2, 0.25) is 0 Å². The first-order valence-electron chi connectivity index (χ1n) is 9.87. The Labute approximate surface area is 180 Å². The van der Waals surface area contributed by atoms with Gasteiger partial charge in [-0.2, -0.15) is 5.26 Å². The lowest BCUT2D eigenvalue weighted by atomic mass is 9.88. The highest BCUT2D eigenvalue weighted by molar-refractivity contribution is 5.94. The number of carbonyl (C=O) groups excluding carboxylic acids is 2. The molecule has 2 N–H and O–H groups in total. The fourth-order valence-corrected chi connectivity index (χ4v) is 3.36. The van der Waals surface area contributed by atoms with Crippen LogP contribution in [0.4, 0.5) is 4.39 Å². The van der Waals surface area contributed by atoms with Crippen molar-refractivity contribution in [3.8, 4) is 6.07 Å². The zero-order valence-electron chi connectivity index (χ0n) is 17.1. The summed E-state index contributed by atoms with van der Waals surface area (Å²) in [6.07, 6.45) is 0.590. The highest BCUT2D eigenvalue weighted by Gasteiger charge is 2.16. The standard InChI is InChI=1S/C25H22FN3O2/c1-28-24(30)20-8-6-18(7-9-20)23(19-10-12-22(26)13-11-19)14-15-29-25(31)21-4-2-17(16-27)3-5-21/h2-13,23H,14-15H2,1H3,(H,28,30)(H,29,31). The zero-order chi connectivity index (χ0) is 22.2. The minimum absolute atomic E-state index is 0.0828. The Hall–Kier alpha value is -3.98. The predicted octanol–water partition coefficient (Wildman–Crippen LogP) is 4.01. The van der Waals surface area contributed by atoms with Crippen LogP contribution in [0.15, 0.2) is 72.8 Å². The van der Waals surface area contributed by atoms with E-state index in [1.54, 1.807) is 55.6 Å². The fourth-order valence-electron chi connectivity index (χ4n) is 3.36. The molecule has 0 aliphatic rings. The quantitative estimate of drug-likeness (QED) is 0.612. The van der Waals surface area contributed by atoms with Crippen molar-refractivity contribution in [3.05, 3.63) is 106 Å². The summed E-state index contributed by atoms with van der Waals surface area (Å²) >= 11 is 0. The van der Waals surface area contributed by atoms with Crippen molar-refractivity contribution < 1.29 is 14.0 Å². The summed E-state index contributed by atoms with van der Waals surface area (Å²) < 4.78 is 13.4. The van der Waals surface area contributed by atoms with Crippen molar-refractivity contribution >= 4 is 11.8 Å². The molecule has 0 bridgehead atoms. The maximum absolute atomic E-state index is 13.4. The smallest absolute Gasteiger partial charge is 0.251 e. The molecule has 3 aromatic rings. The lowest BCUT2D eigenvalue weighted by Crippen LogP contribution is -2.26. The molecule has 0 aromatic heterocycles. The van der Waals surface area contributed by atoms with Gasteiger partial charge in [-0.15, -0.1) is 0 Å². The number of nitrogens with one attached hydrogen (secondary N) is 2. The number of carbonyl (C=O) groups is 2. The van der Waals surface area contributed by atoms with Gasteiger partial charge in [0, 0.05) is 30.6 Å². The van der Waals surface area contributed by atoms with E-state index in [-0.39, 0.29) is 23.5 Å². The van der Waals surface area contributed by atoms with Crippen LogP contribution in [0.1, 0.15) is 49.7 Å². The summed E-state index contributed by atoms with van der Waals surface area (Å²) in [6, 6.07) is 22.0. The molecule has 2 amide bonds. The van der Waals surface area contributed by atoms with Gasteiger partial charge >= 0.3 is 0 Å². The topological polar surface area (TPSA) is 82.0 Å². The Morgan fingerprint density at radius 1 is 0.871 bits per heavy atom. The van der Waals surface area contributed by atoms with Crippen molar-refractivity contribution in [1.29, 1.82) is 5.26 Å². The minimum atomic E-state index is -0.313. The summed E-state index contributed by atoms with van der Waals surface area (Å²) in [5, 5.41) is 14.4. The molecule has 0 saturated heterocycles. The number of amides is 2. The molecule has 3 rings (SSSR count). The Morgan fingerprint density at radius 2 is 1.39 bits per heavy atom. The third-order valence-electron chi connectivity index (χ3n) is 5.07. The van der Waals surface area contributed by atoms with E-state index < -0.39 is 0 Å². The van der Waals surface area contributed by atoms with Crippen LogP contribution in [-0.4, -0.2) is 25.4 Å². The zero-order valence-corrected chi connectivity index (χ0v) is 17.1. The van der Waals surface area contributed by atoms with E-state index in [0.717, 1.165) is 11.1 Å². The van der Waals surface area contributed by atoms with Gasteiger partial charge in [0.2, 0.25) is 0 Å². The van der Waals surface area contributed by atoms with E-state index in [9.17, 15) is 14.0 Å². The van der Waals surface area contributed by atoms with Crippen molar-refractivity contribution in [2.24, 2.45) is 0 Å². The van der Waals surface area contributed by atoms with Crippen molar-refractivity contribution in [3.63, 3.8) is 0 Å². The number of rotatable bonds is 7. The monoisotopic (exact) mass is 415 g/mol. The molecule has 1 unspecified atom stereocenters. The van der Waals surface area contributed by atoms with Gasteiger partial charge in [0.1, 0.15) is 5.82 Å². The van der Waals surface area contributed by atoms with Crippen LogP contribution in [0.5, 0.6) is 0 Å². The van der Waals surface area contributed by atoms with Gasteiger partial charge < -0.3 is 10.6 Å². The van der Waals surface area contributed by atoms with E-state index in [2.05, 4.69) is 10.6 Å². The molecule has 0 aliphatic heterocycles. The third kappa shape index (κ3) is 5.55. The third-order valence-corrected chi connectivity index (χ3v) is 5.07. The largest absolute Gasteiger partial charge is 0.355 e.